The number of hydrogen-bond acceptors (Lipinski definition) is 11. The number of phosphoric acid groups is 1. The first kappa shape index (κ1) is 43.5. The van der Waals surface area contributed by atoms with E-state index in [0.29, 0.717) is 11.5 Å². The second-order valence-corrected chi connectivity index (χ2v) is 15.2. The number of imidazole rings is 1. The minimum atomic E-state index is -4.79. The second kappa shape index (κ2) is 19.8. The lowest BCUT2D eigenvalue weighted by molar-refractivity contribution is -0.0919. The number of ether oxygens (including phenoxy) is 4. The van der Waals surface area contributed by atoms with Crippen molar-refractivity contribution in [1.29, 1.82) is 0 Å². The predicted molar refractivity (Wildman–Crippen MR) is 225 cm³/mol. The summed E-state index contributed by atoms with van der Waals surface area (Å²) < 4.78 is 50.9. The highest BCUT2D eigenvalue weighted by Crippen LogP contribution is 2.50. The fraction of sp³-hybridized carbons (Fsp3) is 0.326. The molecule has 2 aromatic heterocycles. The SMILES string of the molecule is CCN(CC)CC.COc1ccc(C(OCC2OC(n3cnc4c(=O)[nH]cnc43)CC2OP(=O)(O)Oc2ccccc2Cl)(c2ccccc2)c2ccc(OC)cc2)cc1. The number of H-pyrrole nitrogens is 1. The number of fused-ring (bicyclic) bond motifs is 1. The Balaban J connectivity index is 0.000000768. The number of rotatable bonds is 16. The molecule has 1 fully saturated rings. The number of hydrogen-bond donors (Lipinski definition) is 2. The average molecular weight is 846 g/mol. The Morgan fingerprint density at radius 3 is 2.00 bits per heavy atom. The van der Waals surface area contributed by atoms with Crippen molar-refractivity contribution in [2.45, 2.75) is 51.2 Å². The van der Waals surface area contributed by atoms with Gasteiger partial charge in [-0.05, 0) is 72.7 Å². The molecule has 14 nitrogen and oxygen atoms in total. The summed E-state index contributed by atoms with van der Waals surface area (Å²) in [5.41, 5.74) is 1.08. The molecule has 7 rings (SSSR count). The lowest BCUT2D eigenvalue weighted by atomic mass is 9.80. The van der Waals surface area contributed by atoms with Gasteiger partial charge < -0.3 is 33.4 Å². The summed E-state index contributed by atoms with van der Waals surface area (Å²) in [6, 6.07) is 31.0. The van der Waals surface area contributed by atoms with Crippen molar-refractivity contribution in [3.8, 4) is 17.2 Å². The van der Waals surface area contributed by atoms with E-state index in [1.807, 2.05) is 78.9 Å². The molecule has 0 amide bonds. The lowest BCUT2D eigenvalue weighted by Gasteiger charge is -2.37. The Bertz CT molecular complexity index is 2310. The molecule has 4 atom stereocenters. The maximum Gasteiger partial charge on any atom is 0.527 e. The van der Waals surface area contributed by atoms with Crippen LogP contribution in [0.2, 0.25) is 5.02 Å². The standard InChI is InChI=1S/C37H34ClN4O9P.C6H15N/c1-46-27-16-12-25(13-17-27)37(24-8-4-3-5-9-24,26-14-18-28(47-2)19-15-26)48-21-32-31(51-52(44,45)50-30-11-7-6-10-29(30)38)20-33(49-32)42-23-41-34-35(42)39-22-40-36(34)43;1-4-7(5-2)6-3/h3-19,22-23,31-33H,20-21H2,1-2H3,(H,44,45)(H,39,40,43);4-6H2,1-3H3. The number of nitrogens with one attached hydrogen (secondary N) is 1. The molecule has 4 unspecified atom stereocenters. The van der Waals surface area contributed by atoms with Gasteiger partial charge in [0.25, 0.3) is 5.56 Å². The maximum absolute atomic E-state index is 13.5. The number of para-hydroxylation sites is 1. The molecule has 4 aromatic carbocycles. The Morgan fingerprint density at radius 1 is 0.864 bits per heavy atom. The highest BCUT2D eigenvalue weighted by molar-refractivity contribution is 7.47. The summed E-state index contributed by atoms with van der Waals surface area (Å²) in [4.78, 5) is 36.9. The van der Waals surface area contributed by atoms with Gasteiger partial charge in [-0.15, -0.1) is 0 Å². The van der Waals surface area contributed by atoms with Crippen LogP contribution in [-0.2, 0) is 24.2 Å². The normalized spacial score (nSPS) is 17.6. The van der Waals surface area contributed by atoms with Crippen LogP contribution in [0.15, 0.2) is 121 Å². The van der Waals surface area contributed by atoms with Gasteiger partial charge in [0.15, 0.2) is 11.2 Å². The first-order chi connectivity index (χ1) is 28.5. The summed E-state index contributed by atoms with van der Waals surface area (Å²) in [6.07, 6.45) is -0.0643. The Labute approximate surface area is 348 Å². The summed E-state index contributed by atoms with van der Waals surface area (Å²) in [5, 5.41) is 0.133. The van der Waals surface area contributed by atoms with Crippen LogP contribution in [-0.4, -0.2) is 82.0 Å². The monoisotopic (exact) mass is 845 g/mol. The van der Waals surface area contributed by atoms with Crippen LogP contribution in [0.3, 0.4) is 0 Å². The van der Waals surface area contributed by atoms with Crippen LogP contribution in [0.5, 0.6) is 17.2 Å². The molecule has 0 saturated carbocycles. The van der Waals surface area contributed by atoms with Crippen LogP contribution in [0.4, 0.5) is 0 Å². The van der Waals surface area contributed by atoms with Gasteiger partial charge in [0.05, 0.1) is 38.5 Å². The highest BCUT2D eigenvalue weighted by Gasteiger charge is 2.46. The Kier molecular flexibility index (Phi) is 14.6. The van der Waals surface area contributed by atoms with Crippen LogP contribution >= 0.6 is 19.4 Å². The summed E-state index contributed by atoms with van der Waals surface area (Å²) in [5.74, 6) is 1.30. The molecule has 16 heteroatoms. The Hall–Kier alpha value is -5.05. The van der Waals surface area contributed by atoms with E-state index < -0.39 is 37.4 Å². The fourth-order valence-corrected chi connectivity index (χ4v) is 8.24. The largest absolute Gasteiger partial charge is 0.527 e. The molecule has 0 bridgehead atoms. The number of nitrogens with zero attached hydrogens (tertiary/aromatic N) is 4. The maximum atomic E-state index is 13.5. The second-order valence-electron chi connectivity index (χ2n) is 13.5. The molecule has 312 valence electrons. The van der Waals surface area contributed by atoms with Gasteiger partial charge in [-0.1, -0.05) is 99.1 Å². The Morgan fingerprint density at radius 2 is 1.44 bits per heavy atom. The zero-order chi connectivity index (χ0) is 42.0. The third-order valence-electron chi connectivity index (χ3n) is 10.2. The van der Waals surface area contributed by atoms with Gasteiger partial charge in [-0.3, -0.25) is 18.8 Å². The zero-order valence-corrected chi connectivity index (χ0v) is 35.2. The number of benzene rings is 4. The molecule has 2 N–H and O–H groups in total. The third kappa shape index (κ3) is 10.0. The van der Waals surface area contributed by atoms with Gasteiger partial charge >= 0.3 is 7.82 Å². The molecular weight excluding hydrogens is 797 g/mol. The van der Waals surface area contributed by atoms with Gasteiger partial charge in [-0.25, -0.2) is 14.5 Å². The predicted octanol–water partition coefficient (Wildman–Crippen LogP) is 8.00. The molecule has 1 aliphatic heterocycles. The van der Waals surface area contributed by atoms with Crippen molar-refractivity contribution in [2.24, 2.45) is 0 Å². The van der Waals surface area contributed by atoms with Crippen molar-refractivity contribution < 1.29 is 37.5 Å². The molecule has 0 radical (unpaired) electrons. The van der Waals surface area contributed by atoms with E-state index in [-0.39, 0.29) is 35.0 Å². The molecule has 1 aliphatic rings. The van der Waals surface area contributed by atoms with Crippen molar-refractivity contribution in [3.63, 3.8) is 0 Å². The van der Waals surface area contributed by atoms with E-state index in [4.69, 9.17) is 39.6 Å². The molecule has 1 saturated heterocycles. The third-order valence-corrected chi connectivity index (χ3v) is 11.4. The molecule has 0 aliphatic carbocycles. The fourth-order valence-electron chi connectivity index (χ4n) is 6.99. The number of halogens is 1. The molecule has 6 aromatic rings. The van der Waals surface area contributed by atoms with E-state index in [9.17, 15) is 14.3 Å². The molecular formula is C43H49ClN5O9P. The average Bonchev–Trinajstić information content (AvgIpc) is 3.88. The van der Waals surface area contributed by atoms with E-state index in [2.05, 4.69) is 40.6 Å². The molecule has 59 heavy (non-hydrogen) atoms. The number of aromatic amines is 1. The van der Waals surface area contributed by atoms with Gasteiger partial charge in [0.2, 0.25) is 0 Å². The van der Waals surface area contributed by atoms with Crippen LogP contribution in [0.25, 0.3) is 11.2 Å². The van der Waals surface area contributed by atoms with Crippen LogP contribution < -0.4 is 19.6 Å². The first-order valence-electron chi connectivity index (χ1n) is 19.3. The summed E-state index contributed by atoms with van der Waals surface area (Å²) in [6.45, 7) is 9.99. The van der Waals surface area contributed by atoms with Crippen molar-refractivity contribution in [2.75, 3.05) is 40.5 Å². The van der Waals surface area contributed by atoms with Crippen LogP contribution in [0, 0.1) is 0 Å². The van der Waals surface area contributed by atoms with Crippen LogP contribution in [0.1, 0.15) is 50.1 Å². The van der Waals surface area contributed by atoms with E-state index in [0.717, 1.165) is 16.7 Å². The smallest absolute Gasteiger partial charge is 0.497 e. The van der Waals surface area contributed by atoms with Crippen molar-refractivity contribution in [3.05, 3.63) is 148 Å². The highest BCUT2D eigenvalue weighted by atomic mass is 35.5. The van der Waals surface area contributed by atoms with E-state index in [1.54, 1.807) is 30.9 Å². The number of aromatic nitrogens is 4. The minimum absolute atomic E-state index is 0.0237. The number of phosphoric ester groups is 1. The number of methoxy groups -OCH3 is 2. The summed E-state index contributed by atoms with van der Waals surface area (Å²) >= 11 is 6.23. The van der Waals surface area contributed by atoms with E-state index >= 15 is 0 Å². The quantitative estimate of drug-likeness (QED) is 0.0715. The topological polar surface area (TPSA) is 159 Å². The molecule has 0 spiro atoms. The molecule has 3 heterocycles. The zero-order valence-electron chi connectivity index (χ0n) is 33.6. The first-order valence-corrected chi connectivity index (χ1v) is 21.1. The van der Waals surface area contributed by atoms with Gasteiger partial charge in [0, 0.05) is 6.42 Å². The minimum Gasteiger partial charge on any atom is -0.497 e. The van der Waals surface area contributed by atoms with Gasteiger partial charge in [-0.2, -0.15) is 0 Å². The van der Waals surface area contributed by atoms with Gasteiger partial charge in [0.1, 0.15) is 41.3 Å². The summed E-state index contributed by atoms with van der Waals surface area (Å²) in [7, 11) is -1.60. The lowest BCUT2D eigenvalue weighted by Crippen LogP contribution is -2.38. The van der Waals surface area contributed by atoms with Crippen molar-refractivity contribution in [1.82, 2.24) is 24.4 Å². The van der Waals surface area contributed by atoms with E-state index in [1.165, 1.54) is 44.4 Å². The van der Waals surface area contributed by atoms with Crippen molar-refractivity contribution >= 4 is 30.6 Å².